The number of rotatable bonds is 6. The lowest BCUT2D eigenvalue weighted by Gasteiger charge is -2.34. The van der Waals surface area contributed by atoms with Gasteiger partial charge in [0.25, 0.3) is 0 Å². The fourth-order valence-corrected chi connectivity index (χ4v) is 2.98. The first kappa shape index (κ1) is 15.4. The molecule has 1 fully saturated rings. The Bertz CT molecular complexity index is 268. The molecule has 106 valence electrons. The minimum absolute atomic E-state index is 0.226. The lowest BCUT2D eigenvalue weighted by Crippen LogP contribution is -2.47. The van der Waals surface area contributed by atoms with Gasteiger partial charge in [-0.05, 0) is 38.8 Å². The second-order valence-electron chi connectivity index (χ2n) is 5.79. The number of hydrogen-bond acceptors (Lipinski definition) is 3. The van der Waals surface area contributed by atoms with Gasteiger partial charge in [-0.3, -0.25) is 4.79 Å². The summed E-state index contributed by atoms with van der Waals surface area (Å²) in [6.07, 6.45) is 2.85. The first-order chi connectivity index (χ1) is 8.49. The van der Waals surface area contributed by atoms with Crippen molar-refractivity contribution in [3.05, 3.63) is 0 Å². The van der Waals surface area contributed by atoms with Gasteiger partial charge in [-0.1, -0.05) is 13.8 Å². The Morgan fingerprint density at radius 3 is 2.44 bits per heavy atom. The van der Waals surface area contributed by atoms with Crippen molar-refractivity contribution in [2.45, 2.75) is 33.1 Å². The maximum absolute atomic E-state index is 12.6. The SMILES string of the molecule is CCC(CC)(CN)C(=O)N(C)CC1CCN(C)C1. The molecule has 0 aromatic rings. The maximum atomic E-state index is 12.6. The monoisotopic (exact) mass is 255 g/mol. The van der Waals surface area contributed by atoms with E-state index in [9.17, 15) is 4.79 Å². The summed E-state index contributed by atoms with van der Waals surface area (Å²) < 4.78 is 0. The molecule has 1 atom stereocenters. The lowest BCUT2D eigenvalue weighted by molar-refractivity contribution is -0.141. The van der Waals surface area contributed by atoms with Crippen molar-refractivity contribution in [3.63, 3.8) is 0 Å². The molecule has 0 bridgehead atoms. The van der Waals surface area contributed by atoms with Gasteiger partial charge >= 0.3 is 0 Å². The first-order valence-corrected chi connectivity index (χ1v) is 7.13. The molecular formula is C14H29N3O. The fourth-order valence-electron chi connectivity index (χ4n) is 2.98. The number of amides is 1. The molecule has 0 aromatic carbocycles. The van der Waals surface area contributed by atoms with E-state index in [1.165, 1.54) is 6.42 Å². The molecule has 1 unspecified atom stereocenters. The van der Waals surface area contributed by atoms with Crippen LogP contribution >= 0.6 is 0 Å². The second kappa shape index (κ2) is 6.53. The minimum Gasteiger partial charge on any atom is -0.345 e. The molecule has 1 rings (SSSR count). The Labute approximate surface area is 111 Å². The zero-order valence-electron chi connectivity index (χ0n) is 12.4. The van der Waals surface area contributed by atoms with E-state index in [1.807, 2.05) is 11.9 Å². The van der Waals surface area contributed by atoms with Crippen LogP contribution in [-0.2, 0) is 4.79 Å². The van der Waals surface area contributed by atoms with Gasteiger partial charge < -0.3 is 15.5 Å². The third-order valence-corrected chi connectivity index (χ3v) is 4.57. The van der Waals surface area contributed by atoms with Crippen molar-refractivity contribution in [1.29, 1.82) is 0 Å². The van der Waals surface area contributed by atoms with Crippen molar-refractivity contribution in [3.8, 4) is 0 Å². The summed E-state index contributed by atoms with van der Waals surface area (Å²) in [6.45, 7) is 7.69. The van der Waals surface area contributed by atoms with E-state index in [-0.39, 0.29) is 11.3 Å². The smallest absolute Gasteiger partial charge is 0.229 e. The summed E-state index contributed by atoms with van der Waals surface area (Å²) in [5.41, 5.74) is 5.49. The van der Waals surface area contributed by atoms with Crippen LogP contribution in [0, 0.1) is 11.3 Å². The molecule has 4 heteroatoms. The normalized spacial score (nSPS) is 21.3. The molecule has 18 heavy (non-hydrogen) atoms. The van der Waals surface area contributed by atoms with Crippen LogP contribution in [0.2, 0.25) is 0 Å². The zero-order valence-corrected chi connectivity index (χ0v) is 12.4. The van der Waals surface area contributed by atoms with Crippen LogP contribution in [0.15, 0.2) is 0 Å². The van der Waals surface area contributed by atoms with E-state index in [1.54, 1.807) is 0 Å². The Morgan fingerprint density at radius 2 is 2.06 bits per heavy atom. The average Bonchev–Trinajstić information content (AvgIpc) is 2.77. The summed E-state index contributed by atoms with van der Waals surface area (Å²) in [4.78, 5) is 16.8. The number of nitrogens with zero attached hydrogens (tertiary/aromatic N) is 2. The van der Waals surface area contributed by atoms with Crippen LogP contribution in [-0.4, -0.2) is 56.0 Å². The Morgan fingerprint density at radius 1 is 1.44 bits per heavy atom. The van der Waals surface area contributed by atoms with E-state index in [2.05, 4.69) is 25.8 Å². The first-order valence-electron chi connectivity index (χ1n) is 7.13. The molecular weight excluding hydrogens is 226 g/mol. The third-order valence-electron chi connectivity index (χ3n) is 4.57. The third kappa shape index (κ3) is 3.23. The lowest BCUT2D eigenvalue weighted by atomic mass is 9.81. The molecule has 0 aliphatic carbocycles. The van der Waals surface area contributed by atoms with Crippen molar-refractivity contribution >= 4 is 5.91 Å². The number of likely N-dealkylation sites (tertiary alicyclic amines) is 1. The molecule has 0 aromatic heterocycles. The van der Waals surface area contributed by atoms with Crippen LogP contribution in [0.4, 0.5) is 0 Å². The predicted octanol–water partition coefficient (Wildman–Crippen LogP) is 1.16. The summed E-state index contributed by atoms with van der Waals surface area (Å²) >= 11 is 0. The molecule has 1 saturated heterocycles. The Balaban J connectivity index is 2.59. The summed E-state index contributed by atoms with van der Waals surface area (Å²) in [6, 6.07) is 0. The highest BCUT2D eigenvalue weighted by Crippen LogP contribution is 2.28. The van der Waals surface area contributed by atoms with Gasteiger partial charge in [0, 0.05) is 26.7 Å². The van der Waals surface area contributed by atoms with Gasteiger partial charge in [-0.2, -0.15) is 0 Å². The Kier molecular flexibility index (Phi) is 5.60. The standard InChI is InChI=1S/C14H29N3O/c1-5-14(6-2,11-15)13(18)17(4)10-12-7-8-16(3)9-12/h12H,5-11,15H2,1-4H3. The molecule has 1 heterocycles. The summed E-state index contributed by atoms with van der Waals surface area (Å²) in [5, 5.41) is 0. The number of hydrogen-bond donors (Lipinski definition) is 1. The number of carbonyl (C=O) groups is 1. The molecule has 0 spiro atoms. The van der Waals surface area contributed by atoms with Crippen LogP contribution in [0.5, 0.6) is 0 Å². The van der Waals surface area contributed by atoms with E-state index < -0.39 is 0 Å². The highest BCUT2D eigenvalue weighted by molar-refractivity contribution is 5.82. The van der Waals surface area contributed by atoms with Crippen molar-refractivity contribution in [1.82, 2.24) is 9.80 Å². The van der Waals surface area contributed by atoms with E-state index in [0.29, 0.717) is 12.5 Å². The quantitative estimate of drug-likeness (QED) is 0.775. The van der Waals surface area contributed by atoms with Gasteiger partial charge in [-0.15, -0.1) is 0 Å². The minimum atomic E-state index is -0.348. The number of carbonyl (C=O) groups excluding carboxylic acids is 1. The van der Waals surface area contributed by atoms with E-state index in [0.717, 1.165) is 32.5 Å². The van der Waals surface area contributed by atoms with Crippen molar-refractivity contribution < 1.29 is 4.79 Å². The van der Waals surface area contributed by atoms with Crippen molar-refractivity contribution in [2.24, 2.45) is 17.1 Å². The molecule has 4 nitrogen and oxygen atoms in total. The topological polar surface area (TPSA) is 49.6 Å². The average molecular weight is 255 g/mol. The van der Waals surface area contributed by atoms with Crippen LogP contribution < -0.4 is 5.73 Å². The summed E-state index contributed by atoms with van der Waals surface area (Å²) in [7, 11) is 4.07. The zero-order chi connectivity index (χ0) is 13.8. The molecule has 2 N–H and O–H groups in total. The summed E-state index contributed by atoms with van der Waals surface area (Å²) in [5.74, 6) is 0.845. The van der Waals surface area contributed by atoms with Crippen molar-refractivity contribution in [2.75, 3.05) is 40.3 Å². The van der Waals surface area contributed by atoms with Gasteiger partial charge in [0.15, 0.2) is 0 Å². The molecule has 1 aliphatic rings. The highest BCUT2D eigenvalue weighted by atomic mass is 16.2. The maximum Gasteiger partial charge on any atom is 0.229 e. The predicted molar refractivity (Wildman–Crippen MR) is 75.3 cm³/mol. The van der Waals surface area contributed by atoms with Gasteiger partial charge in [0.1, 0.15) is 0 Å². The van der Waals surface area contributed by atoms with Crippen LogP contribution in [0.25, 0.3) is 0 Å². The van der Waals surface area contributed by atoms with E-state index >= 15 is 0 Å². The van der Waals surface area contributed by atoms with Gasteiger partial charge in [-0.25, -0.2) is 0 Å². The number of nitrogens with two attached hydrogens (primary N) is 1. The van der Waals surface area contributed by atoms with Crippen LogP contribution in [0.3, 0.4) is 0 Å². The molecule has 1 aliphatic heterocycles. The highest BCUT2D eigenvalue weighted by Gasteiger charge is 2.36. The van der Waals surface area contributed by atoms with Gasteiger partial charge in [0.05, 0.1) is 5.41 Å². The van der Waals surface area contributed by atoms with Gasteiger partial charge in [0.2, 0.25) is 5.91 Å². The molecule has 0 saturated carbocycles. The fraction of sp³-hybridized carbons (Fsp3) is 0.929. The molecule has 1 amide bonds. The Hall–Kier alpha value is -0.610. The molecule has 0 radical (unpaired) electrons. The second-order valence-corrected chi connectivity index (χ2v) is 5.79. The van der Waals surface area contributed by atoms with E-state index in [4.69, 9.17) is 5.73 Å². The largest absolute Gasteiger partial charge is 0.345 e. The van der Waals surface area contributed by atoms with Crippen LogP contribution in [0.1, 0.15) is 33.1 Å².